The van der Waals surface area contributed by atoms with Crippen LogP contribution in [-0.4, -0.2) is 18.6 Å². The lowest BCUT2D eigenvalue weighted by Crippen LogP contribution is -2.38. The first-order valence-corrected chi connectivity index (χ1v) is 9.13. The first-order valence-electron chi connectivity index (χ1n) is 8.75. The fraction of sp³-hybridized carbons (Fsp3) is 0.381. The Hall–Kier alpha value is -2.00. The molecular weight excluding hydrogens is 334 g/mol. The Bertz CT molecular complexity index is 698. The van der Waals surface area contributed by atoms with E-state index in [2.05, 4.69) is 5.32 Å². The van der Waals surface area contributed by atoms with E-state index in [0.717, 1.165) is 34.7 Å². The average Bonchev–Trinajstić information content (AvgIpc) is 2.60. The first-order chi connectivity index (χ1) is 12.0. The summed E-state index contributed by atoms with van der Waals surface area (Å²) in [5, 5.41) is 3.72. The van der Waals surface area contributed by atoms with Gasteiger partial charge in [0.15, 0.2) is 6.10 Å². The Balaban J connectivity index is 1.81. The summed E-state index contributed by atoms with van der Waals surface area (Å²) in [6.45, 7) is 6.60. The van der Waals surface area contributed by atoms with Crippen LogP contribution in [-0.2, 0) is 11.2 Å². The van der Waals surface area contributed by atoms with Crippen molar-refractivity contribution in [1.29, 1.82) is 0 Å². The van der Waals surface area contributed by atoms with Gasteiger partial charge in [0, 0.05) is 11.6 Å². The smallest absolute Gasteiger partial charge is 0.261 e. The molecule has 3 nitrogen and oxygen atoms in total. The molecule has 0 spiro atoms. The molecule has 134 valence electrons. The molecular formula is C21H26ClNO2. The van der Waals surface area contributed by atoms with Crippen LogP contribution in [0.3, 0.4) is 0 Å². The summed E-state index contributed by atoms with van der Waals surface area (Å²) in [7, 11) is 0. The van der Waals surface area contributed by atoms with Gasteiger partial charge in [-0.2, -0.15) is 0 Å². The molecule has 0 aliphatic carbocycles. The largest absolute Gasteiger partial charge is 0.480 e. The van der Waals surface area contributed by atoms with Crippen LogP contribution in [0, 0.1) is 13.8 Å². The van der Waals surface area contributed by atoms with Crippen molar-refractivity contribution in [2.75, 3.05) is 6.54 Å². The van der Waals surface area contributed by atoms with Crippen LogP contribution >= 0.6 is 11.6 Å². The number of halogens is 1. The summed E-state index contributed by atoms with van der Waals surface area (Å²) in [6, 6.07) is 13.8. The molecule has 2 rings (SSSR count). The molecule has 4 heteroatoms. The van der Waals surface area contributed by atoms with Gasteiger partial charge in [-0.25, -0.2) is 0 Å². The Labute approximate surface area is 155 Å². The third-order valence-corrected chi connectivity index (χ3v) is 4.38. The van der Waals surface area contributed by atoms with Gasteiger partial charge in [0.25, 0.3) is 5.91 Å². The van der Waals surface area contributed by atoms with Gasteiger partial charge in [0.05, 0.1) is 0 Å². The lowest BCUT2D eigenvalue weighted by atomic mass is 10.1. The molecule has 2 aromatic carbocycles. The van der Waals surface area contributed by atoms with Crippen molar-refractivity contribution in [3.63, 3.8) is 0 Å². The number of nitrogens with one attached hydrogen (secondary N) is 1. The summed E-state index contributed by atoms with van der Waals surface area (Å²) in [5.74, 6) is 0.725. The number of carbonyl (C=O) groups excluding carboxylic acids is 1. The van der Waals surface area contributed by atoms with Gasteiger partial charge in [0.2, 0.25) is 0 Å². The molecule has 0 saturated heterocycles. The summed E-state index contributed by atoms with van der Waals surface area (Å²) in [6.07, 6.45) is 1.96. The van der Waals surface area contributed by atoms with Crippen molar-refractivity contribution in [3.8, 4) is 5.75 Å². The first kappa shape index (κ1) is 19.3. The van der Waals surface area contributed by atoms with Gasteiger partial charge in [-0.05, 0) is 68.0 Å². The van der Waals surface area contributed by atoms with Crippen LogP contribution in [0.25, 0.3) is 0 Å². The molecule has 0 saturated carbocycles. The van der Waals surface area contributed by atoms with E-state index in [0.29, 0.717) is 13.0 Å². The van der Waals surface area contributed by atoms with Crippen LogP contribution in [0.15, 0.2) is 42.5 Å². The van der Waals surface area contributed by atoms with Crippen molar-refractivity contribution in [3.05, 3.63) is 64.2 Å². The van der Waals surface area contributed by atoms with E-state index in [1.165, 1.54) is 5.56 Å². The van der Waals surface area contributed by atoms with Gasteiger partial charge in [-0.1, -0.05) is 42.8 Å². The molecule has 0 aliphatic rings. The second kappa shape index (κ2) is 9.47. The molecule has 0 unspecified atom stereocenters. The highest BCUT2D eigenvalue weighted by atomic mass is 35.5. The number of rotatable bonds is 8. The topological polar surface area (TPSA) is 38.3 Å². The van der Waals surface area contributed by atoms with Crippen molar-refractivity contribution in [2.24, 2.45) is 0 Å². The van der Waals surface area contributed by atoms with E-state index in [9.17, 15) is 4.79 Å². The van der Waals surface area contributed by atoms with Crippen LogP contribution < -0.4 is 10.1 Å². The normalized spacial score (nSPS) is 11.8. The number of aryl methyl sites for hydroxylation is 3. The second-order valence-electron chi connectivity index (χ2n) is 6.30. The Morgan fingerprint density at radius 2 is 1.88 bits per heavy atom. The molecule has 0 heterocycles. The zero-order chi connectivity index (χ0) is 18.2. The van der Waals surface area contributed by atoms with Gasteiger partial charge in [-0.15, -0.1) is 0 Å². The minimum absolute atomic E-state index is 0.0560. The van der Waals surface area contributed by atoms with Crippen molar-refractivity contribution < 1.29 is 9.53 Å². The predicted octanol–water partition coefficient (Wildman–Crippen LogP) is 4.86. The van der Waals surface area contributed by atoms with Crippen molar-refractivity contribution in [1.82, 2.24) is 5.32 Å². The van der Waals surface area contributed by atoms with Crippen LogP contribution in [0.1, 0.15) is 36.5 Å². The minimum Gasteiger partial charge on any atom is -0.480 e. The lowest BCUT2D eigenvalue weighted by molar-refractivity contribution is -0.128. The van der Waals surface area contributed by atoms with E-state index in [1.54, 1.807) is 0 Å². The molecule has 0 aliphatic heterocycles. The molecule has 1 atom stereocenters. The fourth-order valence-corrected chi connectivity index (χ4v) is 2.70. The third-order valence-electron chi connectivity index (χ3n) is 4.13. The van der Waals surface area contributed by atoms with Crippen LogP contribution in [0.2, 0.25) is 5.02 Å². The quantitative estimate of drug-likeness (QED) is 0.683. The molecule has 1 N–H and O–H groups in total. The van der Waals surface area contributed by atoms with Gasteiger partial charge in [0.1, 0.15) is 5.75 Å². The van der Waals surface area contributed by atoms with E-state index in [-0.39, 0.29) is 5.91 Å². The fourth-order valence-electron chi connectivity index (χ4n) is 2.58. The maximum Gasteiger partial charge on any atom is 0.261 e. The summed E-state index contributed by atoms with van der Waals surface area (Å²) >= 11 is 5.88. The minimum atomic E-state index is -0.462. The molecule has 2 aromatic rings. The van der Waals surface area contributed by atoms with Crippen molar-refractivity contribution >= 4 is 17.5 Å². The SMILES string of the molecule is CC[C@H](Oc1cc(C)ccc1C)C(=O)NCCCc1ccc(Cl)cc1. The number of hydrogen-bond acceptors (Lipinski definition) is 2. The van der Waals surface area contributed by atoms with E-state index < -0.39 is 6.10 Å². The Kier molecular flexibility index (Phi) is 7.32. The molecule has 0 aromatic heterocycles. The number of amides is 1. The van der Waals surface area contributed by atoms with Crippen LogP contribution in [0.5, 0.6) is 5.75 Å². The van der Waals surface area contributed by atoms with E-state index in [4.69, 9.17) is 16.3 Å². The van der Waals surface area contributed by atoms with Gasteiger partial charge in [-0.3, -0.25) is 4.79 Å². The highest BCUT2D eigenvalue weighted by Gasteiger charge is 2.18. The maximum atomic E-state index is 12.4. The van der Waals surface area contributed by atoms with E-state index >= 15 is 0 Å². The van der Waals surface area contributed by atoms with Crippen LogP contribution in [0.4, 0.5) is 0 Å². The maximum absolute atomic E-state index is 12.4. The molecule has 0 bridgehead atoms. The summed E-state index contributed by atoms with van der Waals surface area (Å²) in [4.78, 5) is 12.4. The highest BCUT2D eigenvalue weighted by molar-refractivity contribution is 6.30. The zero-order valence-corrected chi connectivity index (χ0v) is 15.9. The number of ether oxygens (including phenoxy) is 1. The summed E-state index contributed by atoms with van der Waals surface area (Å²) < 4.78 is 5.94. The van der Waals surface area contributed by atoms with Gasteiger partial charge >= 0.3 is 0 Å². The lowest BCUT2D eigenvalue weighted by Gasteiger charge is -2.19. The second-order valence-corrected chi connectivity index (χ2v) is 6.74. The Morgan fingerprint density at radius 3 is 2.56 bits per heavy atom. The van der Waals surface area contributed by atoms with Crippen molar-refractivity contribution in [2.45, 2.75) is 46.1 Å². The average molecular weight is 360 g/mol. The molecule has 25 heavy (non-hydrogen) atoms. The number of benzene rings is 2. The Morgan fingerprint density at radius 1 is 1.16 bits per heavy atom. The molecule has 0 radical (unpaired) electrons. The molecule has 0 fully saturated rings. The standard InChI is InChI=1S/C21H26ClNO2/c1-4-19(25-20-14-15(2)7-8-16(20)3)21(24)23-13-5-6-17-9-11-18(22)12-10-17/h7-12,14,19H,4-6,13H2,1-3H3,(H,23,24)/t19-/m0/s1. The summed E-state index contributed by atoms with van der Waals surface area (Å²) in [5.41, 5.74) is 3.38. The van der Waals surface area contributed by atoms with Gasteiger partial charge < -0.3 is 10.1 Å². The predicted molar refractivity (Wildman–Crippen MR) is 103 cm³/mol. The number of carbonyl (C=O) groups is 1. The zero-order valence-electron chi connectivity index (χ0n) is 15.1. The third kappa shape index (κ3) is 6.09. The molecule has 1 amide bonds. The number of hydrogen-bond donors (Lipinski definition) is 1. The highest BCUT2D eigenvalue weighted by Crippen LogP contribution is 2.21. The van der Waals surface area contributed by atoms with E-state index in [1.807, 2.05) is 63.2 Å². The monoisotopic (exact) mass is 359 g/mol.